The van der Waals surface area contributed by atoms with Gasteiger partial charge in [0.2, 0.25) is 0 Å². The molecule has 0 aliphatic carbocycles. The van der Waals surface area contributed by atoms with Crippen molar-refractivity contribution in [3.63, 3.8) is 0 Å². The van der Waals surface area contributed by atoms with Gasteiger partial charge in [-0.2, -0.15) is 0 Å². The molecule has 14 heavy (non-hydrogen) atoms. The van der Waals surface area contributed by atoms with Crippen molar-refractivity contribution >= 4 is 15.9 Å². The highest BCUT2D eigenvalue weighted by molar-refractivity contribution is 7.92. The first-order valence-electron chi connectivity index (χ1n) is 4.31. The van der Waals surface area contributed by atoms with Crippen LogP contribution in [0.25, 0.3) is 0 Å². The van der Waals surface area contributed by atoms with E-state index in [4.69, 9.17) is 0 Å². The predicted molar refractivity (Wildman–Crippen MR) is 53.9 cm³/mol. The Labute approximate surface area is 84.7 Å². The fourth-order valence-corrected chi connectivity index (χ4v) is 0.933. The van der Waals surface area contributed by atoms with Crippen LogP contribution in [0.4, 0.5) is 4.79 Å². The normalized spacial score (nSPS) is 12.3. The SMILES string of the molecule is CCOC(=O)NCC(C)(C)S(C)(=O)=O. The van der Waals surface area contributed by atoms with E-state index in [-0.39, 0.29) is 13.2 Å². The van der Waals surface area contributed by atoms with E-state index in [1.807, 2.05) is 0 Å². The number of hydrogen-bond acceptors (Lipinski definition) is 4. The van der Waals surface area contributed by atoms with E-state index in [2.05, 4.69) is 10.1 Å². The van der Waals surface area contributed by atoms with Gasteiger partial charge in [0.05, 0.1) is 11.4 Å². The lowest BCUT2D eigenvalue weighted by atomic mass is 10.2. The fourth-order valence-electron chi connectivity index (χ4n) is 0.598. The summed E-state index contributed by atoms with van der Waals surface area (Å²) in [6.07, 6.45) is 0.545. The minimum Gasteiger partial charge on any atom is -0.450 e. The standard InChI is InChI=1S/C8H17NO4S/c1-5-13-7(10)9-6-8(2,3)14(4,11)12/h5-6H2,1-4H3,(H,9,10). The van der Waals surface area contributed by atoms with Crippen LogP contribution in [-0.2, 0) is 14.6 Å². The fraction of sp³-hybridized carbons (Fsp3) is 0.875. The molecule has 0 aromatic heterocycles. The van der Waals surface area contributed by atoms with Gasteiger partial charge in [-0.1, -0.05) is 0 Å². The summed E-state index contributed by atoms with van der Waals surface area (Å²) in [6.45, 7) is 5.10. The minimum atomic E-state index is -3.18. The first kappa shape index (κ1) is 13.2. The minimum absolute atomic E-state index is 0.0463. The van der Waals surface area contributed by atoms with Crippen LogP contribution in [0.2, 0.25) is 0 Å². The van der Waals surface area contributed by atoms with Gasteiger partial charge in [0, 0.05) is 12.8 Å². The summed E-state index contributed by atoms with van der Waals surface area (Å²) in [5.41, 5.74) is 0. The van der Waals surface area contributed by atoms with Gasteiger partial charge < -0.3 is 10.1 Å². The molecule has 84 valence electrons. The van der Waals surface area contributed by atoms with Crippen molar-refractivity contribution in [1.29, 1.82) is 0 Å². The molecule has 0 fully saturated rings. The first-order chi connectivity index (χ1) is 6.20. The molecule has 0 saturated heterocycles. The lowest BCUT2D eigenvalue weighted by Crippen LogP contribution is -2.43. The number of carbonyl (C=O) groups excluding carboxylic acids is 1. The highest BCUT2D eigenvalue weighted by Crippen LogP contribution is 2.13. The summed E-state index contributed by atoms with van der Waals surface area (Å²) in [4.78, 5) is 10.9. The summed E-state index contributed by atoms with van der Waals surface area (Å²) < 4.78 is 26.1. The summed E-state index contributed by atoms with van der Waals surface area (Å²) in [6, 6.07) is 0. The van der Waals surface area contributed by atoms with Crippen LogP contribution in [0, 0.1) is 0 Å². The van der Waals surface area contributed by atoms with E-state index in [0.29, 0.717) is 0 Å². The maximum absolute atomic E-state index is 11.2. The van der Waals surface area contributed by atoms with Crippen LogP contribution in [0.5, 0.6) is 0 Å². The number of nitrogens with one attached hydrogen (secondary N) is 1. The number of alkyl carbamates (subject to hydrolysis) is 1. The molecular weight excluding hydrogens is 206 g/mol. The highest BCUT2D eigenvalue weighted by Gasteiger charge is 2.30. The molecule has 6 heteroatoms. The highest BCUT2D eigenvalue weighted by atomic mass is 32.2. The maximum Gasteiger partial charge on any atom is 0.407 e. The van der Waals surface area contributed by atoms with Gasteiger partial charge in [0.25, 0.3) is 0 Å². The van der Waals surface area contributed by atoms with E-state index in [0.717, 1.165) is 6.26 Å². The van der Waals surface area contributed by atoms with Crippen LogP contribution < -0.4 is 5.32 Å². The van der Waals surface area contributed by atoms with E-state index in [1.54, 1.807) is 20.8 Å². The molecular formula is C8H17NO4S. The molecule has 1 amide bonds. The number of ether oxygens (including phenoxy) is 1. The molecule has 0 spiro atoms. The molecule has 0 heterocycles. The van der Waals surface area contributed by atoms with Crippen LogP contribution >= 0.6 is 0 Å². The quantitative estimate of drug-likeness (QED) is 0.755. The third kappa shape index (κ3) is 3.95. The average Bonchev–Trinajstić information content (AvgIpc) is 1.99. The van der Waals surface area contributed by atoms with Crippen molar-refractivity contribution < 1.29 is 17.9 Å². The largest absolute Gasteiger partial charge is 0.450 e. The molecule has 0 aromatic rings. The summed E-state index contributed by atoms with van der Waals surface area (Å²) in [7, 11) is -3.18. The molecule has 0 bridgehead atoms. The Hall–Kier alpha value is -0.780. The second-order valence-electron chi connectivity index (χ2n) is 3.61. The van der Waals surface area contributed by atoms with Crippen molar-refractivity contribution in [3.8, 4) is 0 Å². The molecule has 0 saturated carbocycles. The lowest BCUT2D eigenvalue weighted by Gasteiger charge is -2.22. The summed E-state index contributed by atoms with van der Waals surface area (Å²) in [5.74, 6) is 0. The van der Waals surface area contributed by atoms with E-state index in [1.165, 1.54) is 0 Å². The Balaban J connectivity index is 4.20. The first-order valence-corrected chi connectivity index (χ1v) is 6.20. The van der Waals surface area contributed by atoms with Gasteiger partial charge in [0.1, 0.15) is 0 Å². The summed E-state index contributed by atoms with van der Waals surface area (Å²) >= 11 is 0. The Morgan fingerprint density at radius 3 is 2.29 bits per heavy atom. The zero-order valence-electron chi connectivity index (χ0n) is 8.96. The molecule has 0 radical (unpaired) electrons. The number of hydrogen-bond donors (Lipinski definition) is 1. The number of rotatable bonds is 4. The van der Waals surface area contributed by atoms with E-state index in [9.17, 15) is 13.2 Å². The molecule has 0 unspecified atom stereocenters. The number of sulfone groups is 1. The van der Waals surface area contributed by atoms with Gasteiger partial charge in [-0.25, -0.2) is 13.2 Å². The van der Waals surface area contributed by atoms with Crippen LogP contribution in [-0.4, -0.2) is 38.7 Å². The smallest absolute Gasteiger partial charge is 0.407 e. The predicted octanol–water partition coefficient (Wildman–Crippen LogP) is 0.556. The van der Waals surface area contributed by atoms with Crippen molar-refractivity contribution in [2.75, 3.05) is 19.4 Å². The second-order valence-corrected chi connectivity index (χ2v) is 6.26. The Bertz CT molecular complexity index is 294. The van der Waals surface area contributed by atoms with Crippen LogP contribution in [0.15, 0.2) is 0 Å². The third-order valence-electron chi connectivity index (χ3n) is 1.94. The molecule has 0 atom stereocenters. The topological polar surface area (TPSA) is 72.5 Å². The maximum atomic E-state index is 11.2. The molecule has 1 N–H and O–H groups in total. The third-order valence-corrected chi connectivity index (χ3v) is 4.09. The van der Waals surface area contributed by atoms with Crippen molar-refractivity contribution in [3.05, 3.63) is 0 Å². The Kier molecular flexibility index (Phi) is 4.38. The van der Waals surface area contributed by atoms with E-state index >= 15 is 0 Å². The molecule has 5 nitrogen and oxygen atoms in total. The van der Waals surface area contributed by atoms with Gasteiger partial charge in [-0.3, -0.25) is 0 Å². The van der Waals surface area contributed by atoms with E-state index < -0.39 is 20.7 Å². The molecule has 0 aromatic carbocycles. The second kappa shape index (κ2) is 4.63. The zero-order valence-corrected chi connectivity index (χ0v) is 9.77. The number of carbonyl (C=O) groups is 1. The number of amides is 1. The Morgan fingerprint density at radius 1 is 1.43 bits per heavy atom. The monoisotopic (exact) mass is 223 g/mol. The van der Waals surface area contributed by atoms with Crippen molar-refractivity contribution in [1.82, 2.24) is 5.32 Å². The summed E-state index contributed by atoms with van der Waals surface area (Å²) in [5, 5.41) is 2.39. The van der Waals surface area contributed by atoms with Gasteiger partial charge in [0.15, 0.2) is 9.84 Å². The molecule has 0 aliphatic heterocycles. The van der Waals surface area contributed by atoms with Crippen LogP contribution in [0.1, 0.15) is 20.8 Å². The van der Waals surface area contributed by atoms with Gasteiger partial charge in [-0.05, 0) is 20.8 Å². The zero-order chi connectivity index (χ0) is 11.4. The van der Waals surface area contributed by atoms with Crippen LogP contribution in [0.3, 0.4) is 0 Å². The average molecular weight is 223 g/mol. The van der Waals surface area contributed by atoms with Crippen molar-refractivity contribution in [2.45, 2.75) is 25.5 Å². The molecule has 0 aliphatic rings. The van der Waals surface area contributed by atoms with Crippen molar-refractivity contribution in [2.24, 2.45) is 0 Å². The lowest BCUT2D eigenvalue weighted by molar-refractivity contribution is 0.151. The van der Waals surface area contributed by atoms with Gasteiger partial charge in [-0.15, -0.1) is 0 Å². The van der Waals surface area contributed by atoms with Gasteiger partial charge >= 0.3 is 6.09 Å². The molecule has 0 rings (SSSR count). The Morgan fingerprint density at radius 2 is 1.93 bits per heavy atom.